The van der Waals surface area contributed by atoms with E-state index in [1.54, 1.807) is 14.2 Å². The van der Waals surface area contributed by atoms with Gasteiger partial charge in [0, 0.05) is 5.41 Å². The van der Waals surface area contributed by atoms with Crippen LogP contribution in [-0.4, -0.2) is 25.4 Å². The number of benzene rings is 2. The number of fused-ring (bicyclic) bond motifs is 5. The maximum atomic E-state index is 11.3. The van der Waals surface area contributed by atoms with Gasteiger partial charge < -0.3 is 14.6 Å². The zero-order chi connectivity index (χ0) is 20.9. The lowest BCUT2D eigenvalue weighted by atomic mass is 9.55. The van der Waals surface area contributed by atoms with E-state index in [0.29, 0.717) is 17.8 Å². The Balaban J connectivity index is 1.44. The topological polar surface area (TPSA) is 38.7 Å². The molecule has 5 atom stereocenters. The Morgan fingerprint density at radius 3 is 2.47 bits per heavy atom. The molecule has 3 aliphatic carbocycles. The van der Waals surface area contributed by atoms with Gasteiger partial charge in [-0.25, -0.2) is 0 Å². The molecule has 0 radical (unpaired) electrons. The number of hydrogen-bond acceptors (Lipinski definition) is 3. The zero-order valence-electron chi connectivity index (χ0n) is 18.2. The molecule has 0 unspecified atom stereocenters. The Kier molecular flexibility index (Phi) is 4.89. The summed E-state index contributed by atoms with van der Waals surface area (Å²) in [4.78, 5) is 0. The second-order valence-electron chi connectivity index (χ2n) is 9.62. The zero-order valence-corrected chi connectivity index (χ0v) is 18.2. The smallest absolute Gasteiger partial charge is 0.119 e. The first-order valence-electron chi connectivity index (χ1n) is 11.2. The van der Waals surface area contributed by atoms with Crippen molar-refractivity contribution in [3.05, 3.63) is 64.7 Å². The lowest BCUT2D eigenvalue weighted by molar-refractivity contribution is -0.0158. The predicted molar refractivity (Wildman–Crippen MR) is 120 cm³/mol. The van der Waals surface area contributed by atoms with E-state index in [2.05, 4.69) is 43.3 Å². The number of rotatable bonds is 3. The fourth-order valence-electron chi connectivity index (χ4n) is 6.60. The van der Waals surface area contributed by atoms with Crippen molar-refractivity contribution in [2.75, 3.05) is 14.2 Å². The van der Waals surface area contributed by atoms with E-state index in [-0.39, 0.29) is 11.5 Å². The molecule has 5 rings (SSSR count). The average Bonchev–Trinajstić information content (AvgIpc) is 3.04. The second kappa shape index (κ2) is 7.46. The van der Waals surface area contributed by atoms with Crippen LogP contribution in [0.2, 0.25) is 0 Å². The molecular weight excluding hydrogens is 372 g/mol. The Morgan fingerprint density at radius 2 is 1.73 bits per heavy atom. The number of aryl methyl sites for hydroxylation is 1. The molecule has 0 spiro atoms. The van der Waals surface area contributed by atoms with Crippen LogP contribution < -0.4 is 9.47 Å². The molecular formula is C27H32O3. The van der Waals surface area contributed by atoms with Gasteiger partial charge in [0.25, 0.3) is 0 Å². The molecule has 2 aromatic rings. The van der Waals surface area contributed by atoms with Gasteiger partial charge >= 0.3 is 0 Å². The van der Waals surface area contributed by atoms with Crippen LogP contribution in [0, 0.1) is 17.3 Å². The van der Waals surface area contributed by atoms with E-state index in [0.717, 1.165) is 36.3 Å². The third-order valence-electron chi connectivity index (χ3n) is 8.27. The summed E-state index contributed by atoms with van der Waals surface area (Å²) in [6, 6.07) is 14.8. The first kappa shape index (κ1) is 19.7. The summed E-state index contributed by atoms with van der Waals surface area (Å²) in [5.41, 5.74) is 5.32. The van der Waals surface area contributed by atoms with E-state index in [4.69, 9.17) is 9.47 Å². The summed E-state index contributed by atoms with van der Waals surface area (Å²) in [6.07, 6.45) is 7.47. The number of methoxy groups -OCH3 is 2. The van der Waals surface area contributed by atoms with E-state index >= 15 is 0 Å². The SMILES string of the molecule is COc1ccc(/C=C2\C[C@@H]3[C@@H]4CCc5cc(OC)ccc5[C@@H]4CC[C@@]3(C)[C@H]2O)cc1. The molecule has 0 heterocycles. The molecule has 3 heteroatoms. The molecule has 0 aromatic heterocycles. The maximum Gasteiger partial charge on any atom is 0.119 e. The molecule has 1 N–H and O–H groups in total. The molecule has 2 fully saturated rings. The standard InChI is InChI=1S/C27H32O3/c1-27-13-12-23-22-11-9-21(30-3)15-18(22)6-10-24(23)25(27)16-19(26(27)28)14-17-4-7-20(29-2)8-5-17/h4-5,7-9,11,14-15,23-26,28H,6,10,12-13,16H2,1-3H3/b19-14+/t23-,24+,25+,26-,27+/m0/s1. The first-order valence-corrected chi connectivity index (χ1v) is 11.2. The van der Waals surface area contributed by atoms with E-state index in [1.807, 2.05) is 12.1 Å². The van der Waals surface area contributed by atoms with Crippen LogP contribution in [0.5, 0.6) is 11.5 Å². The Hall–Kier alpha value is -2.26. The highest BCUT2D eigenvalue weighted by Gasteiger charge is 2.56. The Labute approximate surface area is 179 Å². The highest BCUT2D eigenvalue weighted by molar-refractivity contribution is 5.56. The van der Waals surface area contributed by atoms with Crippen LogP contribution in [0.25, 0.3) is 6.08 Å². The molecule has 0 bridgehead atoms. The van der Waals surface area contributed by atoms with Gasteiger partial charge in [-0.15, -0.1) is 0 Å². The van der Waals surface area contributed by atoms with E-state index in [1.165, 1.54) is 29.5 Å². The van der Waals surface area contributed by atoms with Crippen molar-refractivity contribution in [1.82, 2.24) is 0 Å². The van der Waals surface area contributed by atoms with Gasteiger partial charge in [-0.3, -0.25) is 0 Å². The normalized spacial score (nSPS) is 33.5. The Morgan fingerprint density at radius 1 is 1.00 bits per heavy atom. The summed E-state index contributed by atoms with van der Waals surface area (Å²) in [7, 11) is 3.44. The van der Waals surface area contributed by atoms with Gasteiger partial charge in [-0.1, -0.05) is 31.2 Å². The minimum Gasteiger partial charge on any atom is -0.497 e. The van der Waals surface area contributed by atoms with Gasteiger partial charge in [0.1, 0.15) is 11.5 Å². The van der Waals surface area contributed by atoms with Crippen molar-refractivity contribution < 1.29 is 14.6 Å². The number of aliphatic hydroxyl groups excluding tert-OH is 1. The minimum absolute atomic E-state index is 0.0105. The number of ether oxygens (including phenoxy) is 2. The van der Waals surface area contributed by atoms with Crippen LogP contribution in [0.3, 0.4) is 0 Å². The minimum atomic E-state index is -0.345. The highest BCUT2D eigenvalue weighted by Crippen LogP contribution is 2.62. The highest BCUT2D eigenvalue weighted by atomic mass is 16.5. The van der Waals surface area contributed by atoms with Gasteiger partial charge in [0.05, 0.1) is 20.3 Å². The monoisotopic (exact) mass is 404 g/mol. The van der Waals surface area contributed by atoms with Gasteiger partial charge in [-0.05, 0) is 96.4 Å². The van der Waals surface area contributed by atoms with Crippen molar-refractivity contribution >= 4 is 6.08 Å². The fourth-order valence-corrected chi connectivity index (χ4v) is 6.60. The van der Waals surface area contributed by atoms with Crippen LogP contribution >= 0.6 is 0 Å². The largest absolute Gasteiger partial charge is 0.497 e. The molecule has 158 valence electrons. The molecule has 0 saturated heterocycles. The van der Waals surface area contributed by atoms with E-state index in [9.17, 15) is 5.11 Å². The quantitative estimate of drug-likeness (QED) is 0.722. The van der Waals surface area contributed by atoms with Crippen LogP contribution in [-0.2, 0) is 6.42 Å². The van der Waals surface area contributed by atoms with Crippen LogP contribution in [0.1, 0.15) is 55.2 Å². The van der Waals surface area contributed by atoms with Crippen molar-refractivity contribution in [1.29, 1.82) is 0 Å². The van der Waals surface area contributed by atoms with E-state index < -0.39 is 0 Å². The lowest BCUT2D eigenvalue weighted by Crippen LogP contribution is -2.44. The third kappa shape index (κ3) is 3.06. The fraction of sp³-hybridized carbons (Fsp3) is 0.481. The molecule has 30 heavy (non-hydrogen) atoms. The van der Waals surface area contributed by atoms with Gasteiger partial charge in [0.15, 0.2) is 0 Å². The van der Waals surface area contributed by atoms with Crippen molar-refractivity contribution in [3.8, 4) is 11.5 Å². The Bertz CT molecular complexity index is 961. The number of aliphatic hydroxyl groups is 1. The van der Waals surface area contributed by atoms with Gasteiger partial charge in [0.2, 0.25) is 0 Å². The van der Waals surface area contributed by atoms with Crippen LogP contribution in [0.15, 0.2) is 48.0 Å². The lowest BCUT2D eigenvalue weighted by Gasteiger charge is -2.49. The number of hydrogen-bond donors (Lipinski definition) is 1. The molecule has 2 aromatic carbocycles. The summed E-state index contributed by atoms with van der Waals surface area (Å²) in [6.45, 7) is 2.33. The third-order valence-corrected chi connectivity index (χ3v) is 8.27. The summed E-state index contributed by atoms with van der Waals surface area (Å²) in [5.74, 6) is 3.65. The van der Waals surface area contributed by atoms with Crippen LogP contribution in [0.4, 0.5) is 0 Å². The molecule has 2 saturated carbocycles. The molecule has 0 amide bonds. The van der Waals surface area contributed by atoms with Crippen molar-refractivity contribution in [3.63, 3.8) is 0 Å². The predicted octanol–water partition coefficient (Wildman–Crippen LogP) is 5.61. The molecule has 3 aliphatic rings. The van der Waals surface area contributed by atoms with Gasteiger partial charge in [-0.2, -0.15) is 0 Å². The van der Waals surface area contributed by atoms with Crippen molar-refractivity contribution in [2.24, 2.45) is 17.3 Å². The molecule has 3 nitrogen and oxygen atoms in total. The van der Waals surface area contributed by atoms with Crippen molar-refractivity contribution in [2.45, 2.75) is 51.0 Å². The summed E-state index contributed by atoms with van der Waals surface area (Å²) < 4.78 is 10.7. The summed E-state index contributed by atoms with van der Waals surface area (Å²) in [5, 5.41) is 11.3. The summed E-state index contributed by atoms with van der Waals surface area (Å²) >= 11 is 0. The molecule has 0 aliphatic heterocycles. The average molecular weight is 405 g/mol. The first-order chi connectivity index (χ1) is 14.5. The maximum absolute atomic E-state index is 11.3. The second-order valence-corrected chi connectivity index (χ2v) is 9.62.